The fourth-order valence-electron chi connectivity index (χ4n) is 1.28. The number of nitrogens with one attached hydrogen (secondary N) is 1. The summed E-state index contributed by atoms with van der Waals surface area (Å²) in [5.74, 6) is 1.21. The third-order valence-corrected chi connectivity index (χ3v) is 3.19. The van der Waals surface area contributed by atoms with E-state index < -0.39 is 0 Å². The van der Waals surface area contributed by atoms with Crippen molar-refractivity contribution in [2.75, 3.05) is 32.9 Å². The Hall–Kier alpha value is -0.220. The van der Waals surface area contributed by atoms with Gasteiger partial charge >= 0.3 is 0 Å². The van der Waals surface area contributed by atoms with Crippen LogP contribution in [0.2, 0.25) is 0 Å². The van der Waals surface area contributed by atoms with E-state index in [-0.39, 0.29) is 0 Å². The zero-order valence-corrected chi connectivity index (χ0v) is 10.2. The molecule has 0 saturated heterocycles. The molecular weight excluding hydrogens is 194 g/mol. The molecule has 82 valence electrons. The van der Waals surface area contributed by atoms with Crippen LogP contribution in [-0.2, 0) is 0 Å². The average Bonchev–Trinajstić information content (AvgIpc) is 2.16. The van der Waals surface area contributed by atoms with Crippen molar-refractivity contribution in [2.24, 2.45) is 4.99 Å². The summed E-state index contributed by atoms with van der Waals surface area (Å²) in [5, 5.41) is 4.60. The molecule has 1 aliphatic rings. The summed E-state index contributed by atoms with van der Waals surface area (Å²) in [6.45, 7) is 4.35. The first-order valence-corrected chi connectivity index (χ1v) is 6.25. The van der Waals surface area contributed by atoms with Crippen LogP contribution >= 0.6 is 11.8 Å². The fraction of sp³-hybridized carbons (Fsp3) is 0.900. The highest BCUT2D eigenvalue weighted by Crippen LogP contribution is 2.11. The van der Waals surface area contributed by atoms with E-state index in [9.17, 15) is 0 Å². The second-order valence-electron chi connectivity index (χ2n) is 4.03. The van der Waals surface area contributed by atoms with Gasteiger partial charge in [-0.2, -0.15) is 0 Å². The van der Waals surface area contributed by atoms with Gasteiger partial charge in [-0.3, -0.25) is 4.99 Å². The molecule has 3 nitrogen and oxygen atoms in total. The molecule has 0 spiro atoms. The molecule has 1 rings (SSSR count). The van der Waals surface area contributed by atoms with Gasteiger partial charge in [0, 0.05) is 18.3 Å². The summed E-state index contributed by atoms with van der Waals surface area (Å²) in [6, 6.07) is 0.529. The van der Waals surface area contributed by atoms with Crippen molar-refractivity contribution >= 4 is 16.9 Å². The van der Waals surface area contributed by atoms with Crippen molar-refractivity contribution < 1.29 is 0 Å². The molecule has 0 saturated carbocycles. The summed E-state index contributed by atoms with van der Waals surface area (Å²) in [7, 11) is 4.22. The molecule has 0 aromatic rings. The third kappa shape index (κ3) is 4.86. The fourth-order valence-corrected chi connectivity index (χ4v) is 2.22. The lowest BCUT2D eigenvalue weighted by Gasteiger charge is -2.20. The maximum absolute atomic E-state index is 4.45. The van der Waals surface area contributed by atoms with Crippen molar-refractivity contribution in [3.05, 3.63) is 0 Å². The van der Waals surface area contributed by atoms with Crippen molar-refractivity contribution in [1.82, 2.24) is 10.2 Å². The second-order valence-corrected chi connectivity index (χ2v) is 5.11. The number of thioether (sulfide) groups is 1. The van der Waals surface area contributed by atoms with E-state index in [2.05, 4.69) is 36.2 Å². The van der Waals surface area contributed by atoms with Crippen molar-refractivity contribution in [2.45, 2.75) is 25.8 Å². The van der Waals surface area contributed by atoms with Gasteiger partial charge in [0.05, 0.1) is 0 Å². The standard InChI is InChI=1S/C10H21N3S/c1-9(5-7-13(2)3)12-10-11-6-4-8-14-10/h9H,4-8H2,1-3H3,(H,11,12). The van der Waals surface area contributed by atoms with Crippen LogP contribution in [0.5, 0.6) is 0 Å². The minimum Gasteiger partial charge on any atom is -0.362 e. The topological polar surface area (TPSA) is 27.6 Å². The van der Waals surface area contributed by atoms with Crippen LogP contribution in [0.15, 0.2) is 4.99 Å². The molecule has 1 N–H and O–H groups in total. The van der Waals surface area contributed by atoms with Crippen molar-refractivity contribution in [1.29, 1.82) is 0 Å². The first-order chi connectivity index (χ1) is 6.68. The third-order valence-electron chi connectivity index (χ3n) is 2.18. The van der Waals surface area contributed by atoms with E-state index in [0.29, 0.717) is 6.04 Å². The van der Waals surface area contributed by atoms with Gasteiger partial charge in [0.2, 0.25) is 0 Å². The maximum atomic E-state index is 4.45. The summed E-state index contributed by atoms with van der Waals surface area (Å²) in [6.07, 6.45) is 2.40. The summed E-state index contributed by atoms with van der Waals surface area (Å²) in [4.78, 5) is 6.67. The molecule has 1 atom stereocenters. The Balaban J connectivity index is 2.18. The van der Waals surface area contributed by atoms with Crippen LogP contribution in [0.3, 0.4) is 0 Å². The van der Waals surface area contributed by atoms with Gasteiger partial charge < -0.3 is 10.2 Å². The molecule has 1 unspecified atom stereocenters. The molecule has 1 heterocycles. The number of rotatable bonds is 4. The molecule has 0 radical (unpaired) electrons. The summed E-state index contributed by atoms with van der Waals surface area (Å²) < 4.78 is 0. The molecule has 0 aromatic carbocycles. The molecule has 0 bridgehead atoms. The normalized spacial score (nSPS) is 19.3. The molecule has 0 aliphatic carbocycles. The minimum absolute atomic E-state index is 0.529. The SMILES string of the molecule is CC(CCN(C)C)NC1=NCCCS1. The van der Waals surface area contributed by atoms with Gasteiger partial charge in [0.15, 0.2) is 5.17 Å². The highest BCUT2D eigenvalue weighted by molar-refractivity contribution is 8.13. The first kappa shape index (κ1) is 11.9. The summed E-state index contributed by atoms with van der Waals surface area (Å²) >= 11 is 1.85. The molecule has 0 amide bonds. The molecule has 0 aromatic heterocycles. The molecular formula is C10H21N3S. The first-order valence-electron chi connectivity index (χ1n) is 5.27. The van der Waals surface area contributed by atoms with E-state index in [4.69, 9.17) is 0 Å². The monoisotopic (exact) mass is 215 g/mol. The number of hydrogen-bond acceptors (Lipinski definition) is 4. The Kier molecular flexibility index (Phi) is 5.33. The van der Waals surface area contributed by atoms with E-state index in [1.54, 1.807) is 0 Å². The predicted octanol–water partition coefficient (Wildman–Crippen LogP) is 1.41. The van der Waals surface area contributed by atoms with Crippen LogP contribution in [0.1, 0.15) is 19.8 Å². The molecule has 14 heavy (non-hydrogen) atoms. The van der Waals surface area contributed by atoms with Gasteiger partial charge in [-0.15, -0.1) is 0 Å². The Bertz CT molecular complexity index is 192. The van der Waals surface area contributed by atoms with E-state index in [1.807, 2.05) is 11.8 Å². The van der Waals surface area contributed by atoms with Crippen molar-refractivity contribution in [3.8, 4) is 0 Å². The highest BCUT2D eigenvalue weighted by atomic mass is 32.2. The summed E-state index contributed by atoms with van der Waals surface area (Å²) in [5.41, 5.74) is 0. The largest absolute Gasteiger partial charge is 0.362 e. The predicted molar refractivity (Wildman–Crippen MR) is 65.1 cm³/mol. The van der Waals surface area contributed by atoms with Crippen LogP contribution in [0, 0.1) is 0 Å². The van der Waals surface area contributed by atoms with Crippen molar-refractivity contribution in [3.63, 3.8) is 0 Å². The van der Waals surface area contributed by atoms with Gasteiger partial charge in [-0.1, -0.05) is 11.8 Å². The zero-order valence-electron chi connectivity index (χ0n) is 9.42. The Labute approximate surface area is 91.3 Å². The maximum Gasteiger partial charge on any atom is 0.156 e. The van der Waals surface area contributed by atoms with E-state index in [1.165, 1.54) is 18.6 Å². The lowest BCUT2D eigenvalue weighted by Crippen LogP contribution is -2.34. The van der Waals surface area contributed by atoms with Gasteiger partial charge in [-0.25, -0.2) is 0 Å². The highest BCUT2D eigenvalue weighted by Gasteiger charge is 2.09. The lowest BCUT2D eigenvalue weighted by molar-refractivity contribution is 0.379. The Morgan fingerprint density at radius 3 is 2.93 bits per heavy atom. The smallest absolute Gasteiger partial charge is 0.156 e. The number of amidine groups is 1. The molecule has 0 fully saturated rings. The molecule has 1 aliphatic heterocycles. The number of aliphatic imine (C=N–C) groups is 1. The zero-order chi connectivity index (χ0) is 10.4. The minimum atomic E-state index is 0.529. The Morgan fingerprint density at radius 2 is 2.36 bits per heavy atom. The van der Waals surface area contributed by atoms with Crippen LogP contribution in [-0.4, -0.2) is 49.0 Å². The van der Waals surface area contributed by atoms with Gasteiger partial charge in [0.1, 0.15) is 0 Å². The molecule has 4 heteroatoms. The number of hydrogen-bond donors (Lipinski definition) is 1. The van der Waals surface area contributed by atoms with Gasteiger partial charge in [-0.05, 0) is 40.4 Å². The van der Waals surface area contributed by atoms with E-state index in [0.717, 1.165) is 18.3 Å². The van der Waals surface area contributed by atoms with Crippen LogP contribution in [0.25, 0.3) is 0 Å². The number of nitrogens with zero attached hydrogens (tertiary/aromatic N) is 2. The lowest BCUT2D eigenvalue weighted by atomic mass is 10.2. The quantitative estimate of drug-likeness (QED) is 0.768. The average molecular weight is 215 g/mol. The second kappa shape index (κ2) is 6.30. The van der Waals surface area contributed by atoms with Gasteiger partial charge in [0.25, 0.3) is 0 Å². The van der Waals surface area contributed by atoms with E-state index >= 15 is 0 Å². The Morgan fingerprint density at radius 1 is 1.57 bits per heavy atom. The van der Waals surface area contributed by atoms with Crippen LogP contribution < -0.4 is 5.32 Å². The van der Waals surface area contributed by atoms with Crippen LogP contribution in [0.4, 0.5) is 0 Å².